The van der Waals surface area contributed by atoms with E-state index in [2.05, 4.69) is 9.97 Å². The number of aliphatic hydroxyl groups is 3. The molecule has 6 nitrogen and oxygen atoms in total. The van der Waals surface area contributed by atoms with Gasteiger partial charge >= 0.3 is 0 Å². The Kier molecular flexibility index (Phi) is 3.76. The lowest BCUT2D eigenvalue weighted by Crippen LogP contribution is -2.32. The number of fused-ring (bicyclic) bond motifs is 1. The number of H-pyrrole nitrogens is 1. The number of aromatic nitrogens is 2. The Morgan fingerprint density at radius 2 is 2.14 bits per heavy atom. The first-order chi connectivity index (χ1) is 10.0. The Morgan fingerprint density at radius 3 is 2.81 bits per heavy atom. The monoisotopic (exact) mass is 308 g/mol. The van der Waals surface area contributed by atoms with Gasteiger partial charge in [-0.1, -0.05) is 12.2 Å². The van der Waals surface area contributed by atoms with Crippen LogP contribution in [0.3, 0.4) is 0 Å². The Morgan fingerprint density at radius 1 is 1.38 bits per heavy atom. The van der Waals surface area contributed by atoms with Gasteiger partial charge in [-0.05, 0) is 24.6 Å². The largest absolute Gasteiger partial charge is 0.394 e. The normalized spacial score (nSPS) is 29.1. The summed E-state index contributed by atoms with van der Waals surface area (Å²) in [7, 11) is 0. The number of aryl methyl sites for hydroxylation is 1. The van der Waals surface area contributed by atoms with E-state index in [9.17, 15) is 10.2 Å². The van der Waals surface area contributed by atoms with Gasteiger partial charge in [-0.2, -0.15) is 0 Å². The fourth-order valence-electron chi connectivity index (χ4n) is 2.62. The number of ether oxygens (including phenoxy) is 1. The summed E-state index contributed by atoms with van der Waals surface area (Å²) in [6.45, 7) is 1.58. The van der Waals surface area contributed by atoms with Crippen LogP contribution in [-0.2, 0) is 4.74 Å². The van der Waals surface area contributed by atoms with E-state index in [0.717, 1.165) is 10.9 Å². The summed E-state index contributed by atoms with van der Waals surface area (Å²) in [6, 6.07) is 3.69. The molecule has 0 bridgehead atoms. The number of rotatable bonds is 2. The molecule has 0 radical (unpaired) electrons. The standard InChI is InChI=1S/C14H16N2O4S/c1-6-2-3-15-13-7(6)4-8(14(21)16-13)12-11(19)10(18)9(5-17)20-12/h2-4,9-12,17-19H,5H2,1H3,(H,15,16,21). The number of aromatic amines is 1. The molecule has 1 fully saturated rings. The molecule has 0 spiro atoms. The molecule has 4 N–H and O–H groups in total. The van der Waals surface area contributed by atoms with E-state index in [0.29, 0.717) is 15.9 Å². The molecule has 0 amide bonds. The molecule has 2 aromatic rings. The van der Waals surface area contributed by atoms with Gasteiger partial charge in [0, 0.05) is 17.1 Å². The van der Waals surface area contributed by atoms with Crippen LogP contribution in [0.2, 0.25) is 0 Å². The van der Waals surface area contributed by atoms with Gasteiger partial charge in [0.25, 0.3) is 0 Å². The number of aliphatic hydroxyl groups excluding tert-OH is 3. The smallest absolute Gasteiger partial charge is 0.138 e. The first kappa shape index (κ1) is 14.6. The first-order valence-electron chi connectivity index (χ1n) is 6.64. The molecule has 21 heavy (non-hydrogen) atoms. The van der Waals surface area contributed by atoms with E-state index in [1.165, 1.54) is 0 Å². The predicted octanol–water partition coefficient (Wildman–Crippen LogP) is 0.755. The summed E-state index contributed by atoms with van der Waals surface area (Å²) in [6.07, 6.45) is -2.17. The average Bonchev–Trinajstić information content (AvgIpc) is 2.75. The van der Waals surface area contributed by atoms with Crippen LogP contribution < -0.4 is 0 Å². The lowest BCUT2D eigenvalue weighted by atomic mass is 10.0. The molecule has 2 aromatic heterocycles. The van der Waals surface area contributed by atoms with Gasteiger partial charge in [-0.25, -0.2) is 4.98 Å². The SMILES string of the molecule is Cc1ccnc2[nH]c(=S)c(C3OC(CO)C(O)C3O)cc12. The van der Waals surface area contributed by atoms with E-state index in [1.807, 2.05) is 19.1 Å². The highest BCUT2D eigenvalue weighted by atomic mass is 32.1. The second-order valence-electron chi connectivity index (χ2n) is 5.20. The van der Waals surface area contributed by atoms with Crippen LogP contribution in [0.5, 0.6) is 0 Å². The highest BCUT2D eigenvalue weighted by Crippen LogP contribution is 2.35. The maximum absolute atomic E-state index is 10.1. The molecule has 0 aromatic carbocycles. The quantitative estimate of drug-likeness (QED) is 0.611. The summed E-state index contributed by atoms with van der Waals surface area (Å²) >= 11 is 5.30. The van der Waals surface area contributed by atoms with Crippen molar-refractivity contribution >= 4 is 23.3 Å². The van der Waals surface area contributed by atoms with E-state index < -0.39 is 24.4 Å². The van der Waals surface area contributed by atoms with Crippen molar-refractivity contribution in [1.29, 1.82) is 0 Å². The zero-order chi connectivity index (χ0) is 15.1. The van der Waals surface area contributed by atoms with Crippen molar-refractivity contribution in [2.45, 2.75) is 31.3 Å². The minimum Gasteiger partial charge on any atom is -0.394 e. The van der Waals surface area contributed by atoms with Crippen molar-refractivity contribution in [2.75, 3.05) is 6.61 Å². The number of nitrogens with zero attached hydrogens (tertiary/aromatic N) is 1. The molecular weight excluding hydrogens is 292 g/mol. The maximum Gasteiger partial charge on any atom is 0.138 e. The fourth-order valence-corrected chi connectivity index (χ4v) is 2.89. The molecule has 112 valence electrons. The van der Waals surface area contributed by atoms with Crippen molar-refractivity contribution in [3.05, 3.63) is 34.1 Å². The maximum atomic E-state index is 10.1. The van der Waals surface area contributed by atoms with Gasteiger partial charge in [0.15, 0.2) is 0 Å². The van der Waals surface area contributed by atoms with Gasteiger partial charge in [0.05, 0.1) is 6.61 Å². The highest BCUT2D eigenvalue weighted by Gasteiger charge is 2.43. The molecule has 1 aliphatic rings. The van der Waals surface area contributed by atoms with Gasteiger partial charge in [0.2, 0.25) is 0 Å². The van der Waals surface area contributed by atoms with Crippen molar-refractivity contribution in [2.24, 2.45) is 0 Å². The second-order valence-corrected chi connectivity index (χ2v) is 5.61. The molecule has 1 aliphatic heterocycles. The van der Waals surface area contributed by atoms with Crippen LogP contribution >= 0.6 is 12.2 Å². The molecule has 0 saturated carbocycles. The van der Waals surface area contributed by atoms with Crippen molar-refractivity contribution in [3.8, 4) is 0 Å². The zero-order valence-corrected chi connectivity index (χ0v) is 12.2. The molecule has 1 saturated heterocycles. The average molecular weight is 308 g/mol. The van der Waals surface area contributed by atoms with Crippen molar-refractivity contribution in [1.82, 2.24) is 9.97 Å². The van der Waals surface area contributed by atoms with Crippen LogP contribution in [0, 0.1) is 11.6 Å². The van der Waals surface area contributed by atoms with Gasteiger partial charge in [0.1, 0.15) is 34.7 Å². The van der Waals surface area contributed by atoms with E-state index in [1.54, 1.807) is 6.20 Å². The minimum absolute atomic E-state index is 0.362. The Bertz CT molecular complexity index is 732. The van der Waals surface area contributed by atoms with Crippen molar-refractivity contribution < 1.29 is 20.1 Å². The van der Waals surface area contributed by atoms with Gasteiger partial charge < -0.3 is 25.0 Å². The number of hydrogen-bond donors (Lipinski definition) is 4. The topological polar surface area (TPSA) is 98.6 Å². The van der Waals surface area contributed by atoms with Crippen LogP contribution in [0.25, 0.3) is 11.0 Å². The summed E-state index contributed by atoms with van der Waals surface area (Å²) in [5.74, 6) is 0. The first-order valence-corrected chi connectivity index (χ1v) is 7.04. The fraction of sp³-hybridized carbons (Fsp3) is 0.429. The highest BCUT2D eigenvalue weighted by molar-refractivity contribution is 7.71. The number of hydrogen-bond acceptors (Lipinski definition) is 6. The summed E-state index contributed by atoms with van der Waals surface area (Å²) < 4.78 is 5.93. The molecule has 3 rings (SSSR count). The molecule has 4 unspecified atom stereocenters. The summed E-state index contributed by atoms with van der Waals surface area (Å²) in [5.41, 5.74) is 2.26. The summed E-state index contributed by atoms with van der Waals surface area (Å²) in [5, 5.41) is 30.0. The van der Waals surface area contributed by atoms with Crippen LogP contribution in [0.15, 0.2) is 18.3 Å². The van der Waals surface area contributed by atoms with Gasteiger partial charge in [-0.3, -0.25) is 0 Å². The van der Waals surface area contributed by atoms with E-state index in [4.69, 9.17) is 22.1 Å². The van der Waals surface area contributed by atoms with Crippen molar-refractivity contribution in [3.63, 3.8) is 0 Å². The summed E-state index contributed by atoms with van der Waals surface area (Å²) in [4.78, 5) is 7.23. The third kappa shape index (κ3) is 2.37. The Labute approximate surface area is 126 Å². The van der Waals surface area contributed by atoms with Crippen LogP contribution in [0.4, 0.5) is 0 Å². The third-order valence-electron chi connectivity index (χ3n) is 3.85. The van der Waals surface area contributed by atoms with Crippen LogP contribution in [-0.4, -0.2) is 50.2 Å². The molecule has 4 atom stereocenters. The predicted molar refractivity (Wildman–Crippen MR) is 78.4 cm³/mol. The van der Waals surface area contributed by atoms with E-state index in [-0.39, 0.29) is 6.61 Å². The zero-order valence-electron chi connectivity index (χ0n) is 11.4. The Hall–Kier alpha value is -1.38. The second kappa shape index (κ2) is 5.43. The van der Waals surface area contributed by atoms with E-state index >= 15 is 0 Å². The number of nitrogens with one attached hydrogen (secondary N) is 1. The number of pyridine rings is 2. The lowest BCUT2D eigenvalue weighted by Gasteiger charge is -2.16. The minimum atomic E-state index is -1.14. The van der Waals surface area contributed by atoms with Gasteiger partial charge in [-0.15, -0.1) is 0 Å². The molecule has 7 heteroatoms. The Balaban J connectivity index is 2.11. The molecular formula is C14H16N2O4S. The molecule has 0 aliphatic carbocycles. The van der Waals surface area contributed by atoms with Crippen LogP contribution in [0.1, 0.15) is 17.2 Å². The lowest BCUT2D eigenvalue weighted by molar-refractivity contribution is -0.0229. The third-order valence-corrected chi connectivity index (χ3v) is 4.19. The molecule has 3 heterocycles.